The summed E-state index contributed by atoms with van der Waals surface area (Å²) in [5.74, 6) is 0.0497. The van der Waals surface area contributed by atoms with Gasteiger partial charge in [0.1, 0.15) is 11.6 Å². The third-order valence-electron chi connectivity index (χ3n) is 5.67. The zero-order chi connectivity index (χ0) is 24.2. The number of piperidine rings is 1. The molecule has 11 heteroatoms. The Kier molecular flexibility index (Phi) is 7.75. The highest BCUT2D eigenvalue weighted by atomic mass is 19.4. The number of nitrogens with one attached hydrogen (secondary N) is 1. The molecule has 1 aliphatic heterocycles. The maximum atomic E-state index is 12.9. The molecule has 1 fully saturated rings. The van der Waals surface area contributed by atoms with Crippen LogP contribution in [0.1, 0.15) is 24.0 Å². The maximum absolute atomic E-state index is 12.9. The van der Waals surface area contributed by atoms with E-state index in [0.717, 1.165) is 25.5 Å². The number of carbonyl (C=O) groups excluding carboxylic acids is 1. The van der Waals surface area contributed by atoms with Crippen LogP contribution in [0.2, 0.25) is 0 Å². The van der Waals surface area contributed by atoms with Gasteiger partial charge in [-0.2, -0.15) is 13.2 Å². The van der Waals surface area contributed by atoms with Crippen LogP contribution in [-0.2, 0) is 11.0 Å². The van der Waals surface area contributed by atoms with E-state index in [-0.39, 0.29) is 17.5 Å². The molecule has 0 aliphatic carbocycles. The van der Waals surface area contributed by atoms with E-state index in [9.17, 15) is 23.1 Å². The Hall–Kier alpha value is -2.92. The first-order valence-corrected chi connectivity index (χ1v) is 10.8. The van der Waals surface area contributed by atoms with Gasteiger partial charge in [0, 0.05) is 38.3 Å². The van der Waals surface area contributed by atoms with Crippen molar-refractivity contribution in [1.82, 2.24) is 20.0 Å². The zero-order valence-corrected chi connectivity index (χ0v) is 18.7. The first-order chi connectivity index (χ1) is 15.6. The molecule has 1 amide bonds. The summed E-state index contributed by atoms with van der Waals surface area (Å²) < 4.78 is 38.6. The minimum atomic E-state index is -4.54. The van der Waals surface area contributed by atoms with Gasteiger partial charge >= 0.3 is 6.18 Å². The molecule has 0 bridgehead atoms. The second-order valence-corrected chi connectivity index (χ2v) is 8.31. The summed E-state index contributed by atoms with van der Waals surface area (Å²) in [7, 11) is 1.74. The second kappa shape index (κ2) is 10.3. The van der Waals surface area contributed by atoms with E-state index in [1.165, 1.54) is 6.07 Å². The largest absolute Gasteiger partial charge is 0.507 e. The van der Waals surface area contributed by atoms with Crippen molar-refractivity contribution < 1.29 is 23.1 Å². The number of phenols is 1. The smallest absolute Gasteiger partial charge is 0.416 e. The van der Waals surface area contributed by atoms with Crippen LogP contribution in [0.25, 0.3) is 11.3 Å². The van der Waals surface area contributed by atoms with Gasteiger partial charge < -0.3 is 21.1 Å². The molecule has 0 spiro atoms. The molecule has 2 heterocycles. The molecule has 1 aromatic carbocycles. The number of likely N-dealkylation sites (tertiary alicyclic amines) is 1. The third-order valence-corrected chi connectivity index (χ3v) is 5.67. The molecule has 4 N–H and O–H groups in total. The number of carbonyl (C=O) groups is 1. The normalized spacial score (nSPS) is 17.1. The Morgan fingerprint density at radius 2 is 2.09 bits per heavy atom. The number of halogens is 3. The number of anilines is 1. The lowest BCUT2D eigenvalue weighted by Gasteiger charge is -2.33. The average Bonchev–Trinajstić information content (AvgIpc) is 2.74. The first kappa shape index (κ1) is 24.7. The summed E-state index contributed by atoms with van der Waals surface area (Å²) in [6.07, 6.45) is -2.70. The average molecular weight is 467 g/mol. The Bertz CT molecular complexity index is 985. The van der Waals surface area contributed by atoms with E-state index in [2.05, 4.69) is 20.4 Å². The standard InChI is InChI=1S/C22H29F3N6O2/c1-14-10-19(27-16-4-3-8-31(12-16)13-20(33)30(2)9-7-26)28-29-21(14)17-6-5-15(11-18(17)32)22(23,24)25/h5-6,10-11,16,32H,3-4,7-9,12-13,26H2,1-2H3,(H,27,28)/t16-/m1/s1. The minimum Gasteiger partial charge on any atom is -0.507 e. The van der Waals surface area contributed by atoms with Crippen molar-refractivity contribution in [2.75, 3.05) is 45.1 Å². The van der Waals surface area contributed by atoms with Crippen LogP contribution in [0.5, 0.6) is 5.75 Å². The summed E-state index contributed by atoms with van der Waals surface area (Å²) in [5.41, 5.74) is 5.74. The quantitative estimate of drug-likeness (QED) is 0.575. The van der Waals surface area contributed by atoms with Crippen molar-refractivity contribution in [2.45, 2.75) is 32.0 Å². The fourth-order valence-corrected chi connectivity index (χ4v) is 3.89. The first-order valence-electron chi connectivity index (χ1n) is 10.8. The molecular weight excluding hydrogens is 437 g/mol. The number of nitrogens with zero attached hydrogens (tertiary/aromatic N) is 4. The van der Waals surface area contributed by atoms with E-state index in [0.29, 0.717) is 49.3 Å². The summed E-state index contributed by atoms with van der Waals surface area (Å²) in [6.45, 7) is 4.52. The van der Waals surface area contributed by atoms with Crippen molar-refractivity contribution in [2.24, 2.45) is 5.73 Å². The number of nitrogens with two attached hydrogens (primary N) is 1. The predicted molar refractivity (Wildman–Crippen MR) is 119 cm³/mol. The molecule has 0 radical (unpaired) electrons. The van der Waals surface area contributed by atoms with Crippen LogP contribution in [0.4, 0.5) is 19.0 Å². The molecule has 180 valence electrons. The number of likely N-dealkylation sites (N-methyl/N-ethyl adjacent to an activating group) is 1. The molecule has 1 aromatic heterocycles. The number of aryl methyl sites for hydroxylation is 1. The molecule has 0 saturated carbocycles. The minimum absolute atomic E-state index is 0.0254. The molecular formula is C22H29F3N6O2. The van der Waals surface area contributed by atoms with Crippen LogP contribution in [0.15, 0.2) is 24.3 Å². The van der Waals surface area contributed by atoms with Gasteiger partial charge in [0.05, 0.1) is 17.8 Å². The van der Waals surface area contributed by atoms with E-state index in [1.807, 2.05) is 0 Å². The van der Waals surface area contributed by atoms with E-state index in [4.69, 9.17) is 5.73 Å². The van der Waals surface area contributed by atoms with Gasteiger partial charge in [-0.25, -0.2) is 0 Å². The number of rotatable bonds is 7. The molecule has 33 heavy (non-hydrogen) atoms. The molecule has 8 nitrogen and oxygen atoms in total. The number of hydrogen-bond donors (Lipinski definition) is 3. The fourth-order valence-electron chi connectivity index (χ4n) is 3.89. The van der Waals surface area contributed by atoms with E-state index < -0.39 is 17.5 Å². The van der Waals surface area contributed by atoms with Crippen molar-refractivity contribution in [3.05, 3.63) is 35.4 Å². The van der Waals surface area contributed by atoms with Gasteiger partial charge in [0.25, 0.3) is 0 Å². The molecule has 1 saturated heterocycles. The van der Waals surface area contributed by atoms with Gasteiger partial charge in [-0.1, -0.05) is 0 Å². The molecule has 1 aliphatic rings. The highest BCUT2D eigenvalue weighted by molar-refractivity contribution is 5.78. The van der Waals surface area contributed by atoms with Crippen LogP contribution in [0.3, 0.4) is 0 Å². The highest BCUT2D eigenvalue weighted by Gasteiger charge is 2.31. The van der Waals surface area contributed by atoms with Crippen LogP contribution < -0.4 is 11.1 Å². The maximum Gasteiger partial charge on any atom is 0.416 e. The third kappa shape index (κ3) is 6.32. The lowest BCUT2D eigenvalue weighted by molar-refractivity contribution is -0.137. The fraction of sp³-hybridized carbons (Fsp3) is 0.500. The Morgan fingerprint density at radius 1 is 1.33 bits per heavy atom. The van der Waals surface area contributed by atoms with Crippen molar-refractivity contribution in [1.29, 1.82) is 0 Å². The lowest BCUT2D eigenvalue weighted by atomic mass is 10.0. The summed E-state index contributed by atoms with van der Waals surface area (Å²) in [5, 5.41) is 21.7. The van der Waals surface area contributed by atoms with Crippen LogP contribution in [0, 0.1) is 6.92 Å². The van der Waals surface area contributed by atoms with Gasteiger partial charge in [-0.05, 0) is 56.1 Å². The Morgan fingerprint density at radius 3 is 2.73 bits per heavy atom. The van der Waals surface area contributed by atoms with Gasteiger partial charge in [-0.15, -0.1) is 10.2 Å². The van der Waals surface area contributed by atoms with E-state index >= 15 is 0 Å². The SMILES string of the molecule is Cc1cc(N[C@@H]2CCCN(CC(=O)N(C)CCN)C2)nnc1-c1ccc(C(F)(F)F)cc1O. The zero-order valence-electron chi connectivity index (χ0n) is 18.7. The molecule has 3 rings (SSSR count). The van der Waals surface area contributed by atoms with Crippen molar-refractivity contribution in [3.63, 3.8) is 0 Å². The van der Waals surface area contributed by atoms with Crippen LogP contribution in [-0.4, -0.2) is 76.8 Å². The monoisotopic (exact) mass is 466 g/mol. The topological polar surface area (TPSA) is 108 Å². The number of amides is 1. The van der Waals surface area contributed by atoms with E-state index in [1.54, 1.807) is 24.9 Å². The summed E-state index contributed by atoms with van der Waals surface area (Å²) >= 11 is 0. The number of hydrogen-bond acceptors (Lipinski definition) is 7. The highest BCUT2D eigenvalue weighted by Crippen LogP contribution is 2.36. The van der Waals surface area contributed by atoms with Crippen molar-refractivity contribution >= 4 is 11.7 Å². The van der Waals surface area contributed by atoms with Crippen molar-refractivity contribution in [3.8, 4) is 17.0 Å². The Balaban J connectivity index is 1.66. The number of phenolic OH excluding ortho intramolecular Hbond substituents is 1. The number of alkyl halides is 3. The number of benzene rings is 1. The second-order valence-electron chi connectivity index (χ2n) is 8.31. The molecule has 2 aromatic rings. The predicted octanol–water partition coefficient (Wildman–Crippen LogP) is 2.47. The van der Waals surface area contributed by atoms with Gasteiger partial charge in [0.2, 0.25) is 5.91 Å². The Labute approximate surface area is 190 Å². The molecule has 0 unspecified atom stereocenters. The van der Waals surface area contributed by atoms with Crippen LogP contribution >= 0.6 is 0 Å². The van der Waals surface area contributed by atoms with Gasteiger partial charge in [-0.3, -0.25) is 9.69 Å². The number of aromatic nitrogens is 2. The lowest BCUT2D eigenvalue weighted by Crippen LogP contribution is -2.47. The van der Waals surface area contributed by atoms with Gasteiger partial charge in [0.15, 0.2) is 0 Å². The summed E-state index contributed by atoms with van der Waals surface area (Å²) in [4.78, 5) is 16.0. The number of aromatic hydroxyl groups is 1. The molecule has 1 atom stereocenters. The summed E-state index contributed by atoms with van der Waals surface area (Å²) in [6, 6.07) is 4.61.